The standard InChI is InChI=1S/C16H25NO5/c1-15(2,3)10-8-11(16(4,5)6)13(22-14(18)21-7)9-12(10)17(19)20/h9-10H,8H2,1-7H3. The normalized spacial score (nSPS) is 19.6. The van der Waals surface area contributed by atoms with Crippen LogP contribution >= 0.6 is 0 Å². The number of nitrogens with zero attached hydrogens (tertiary/aromatic N) is 1. The molecule has 0 aromatic rings. The van der Waals surface area contributed by atoms with E-state index in [4.69, 9.17) is 4.74 Å². The van der Waals surface area contributed by atoms with Crippen molar-refractivity contribution in [1.29, 1.82) is 0 Å². The zero-order valence-corrected chi connectivity index (χ0v) is 14.4. The fourth-order valence-electron chi connectivity index (χ4n) is 2.56. The van der Waals surface area contributed by atoms with Crippen LogP contribution in [-0.4, -0.2) is 18.2 Å². The van der Waals surface area contributed by atoms with Crippen LogP contribution in [0.2, 0.25) is 0 Å². The van der Waals surface area contributed by atoms with E-state index in [1.165, 1.54) is 13.2 Å². The minimum atomic E-state index is -0.870. The lowest BCUT2D eigenvalue weighted by Crippen LogP contribution is -2.32. The zero-order chi connectivity index (χ0) is 17.3. The van der Waals surface area contributed by atoms with Crippen molar-refractivity contribution in [3.05, 3.63) is 33.2 Å². The van der Waals surface area contributed by atoms with Gasteiger partial charge in [0.15, 0.2) is 0 Å². The second-order valence-corrected chi connectivity index (χ2v) is 7.60. The highest BCUT2D eigenvalue weighted by Crippen LogP contribution is 2.46. The molecule has 6 nitrogen and oxygen atoms in total. The summed E-state index contributed by atoms with van der Waals surface area (Å²) in [7, 11) is 1.21. The van der Waals surface area contributed by atoms with Crippen LogP contribution in [0.1, 0.15) is 48.0 Å². The van der Waals surface area contributed by atoms with E-state index in [0.29, 0.717) is 6.42 Å². The number of nitro groups is 1. The summed E-state index contributed by atoms with van der Waals surface area (Å²) in [5, 5.41) is 11.4. The molecule has 22 heavy (non-hydrogen) atoms. The van der Waals surface area contributed by atoms with Gasteiger partial charge in [-0.3, -0.25) is 10.1 Å². The SMILES string of the molecule is COC(=O)OC1=C(C(C)(C)C)CC(C(C)(C)C)C([N+](=O)[O-])=C1. The van der Waals surface area contributed by atoms with Gasteiger partial charge in [0.2, 0.25) is 0 Å². The van der Waals surface area contributed by atoms with Gasteiger partial charge in [0.25, 0.3) is 5.70 Å². The number of rotatable bonds is 2. The molecule has 0 aromatic heterocycles. The van der Waals surface area contributed by atoms with E-state index in [0.717, 1.165) is 5.57 Å². The van der Waals surface area contributed by atoms with Crippen molar-refractivity contribution >= 4 is 6.16 Å². The van der Waals surface area contributed by atoms with Gasteiger partial charge in [-0.1, -0.05) is 41.5 Å². The molecule has 0 spiro atoms. The third kappa shape index (κ3) is 4.08. The third-order valence-electron chi connectivity index (χ3n) is 3.86. The molecule has 6 heteroatoms. The van der Waals surface area contributed by atoms with Crippen molar-refractivity contribution in [2.24, 2.45) is 16.7 Å². The summed E-state index contributed by atoms with van der Waals surface area (Å²) in [6, 6.07) is 0. The highest BCUT2D eigenvalue weighted by Gasteiger charge is 2.42. The van der Waals surface area contributed by atoms with Gasteiger partial charge in [0.05, 0.1) is 24.0 Å². The summed E-state index contributed by atoms with van der Waals surface area (Å²) in [4.78, 5) is 22.4. The molecule has 0 radical (unpaired) electrons. The molecule has 0 fully saturated rings. The van der Waals surface area contributed by atoms with Gasteiger partial charge in [-0.25, -0.2) is 4.79 Å². The van der Waals surface area contributed by atoms with E-state index < -0.39 is 11.1 Å². The van der Waals surface area contributed by atoms with Crippen molar-refractivity contribution < 1.29 is 19.2 Å². The monoisotopic (exact) mass is 311 g/mol. The van der Waals surface area contributed by atoms with Crippen LogP contribution in [0.15, 0.2) is 23.1 Å². The van der Waals surface area contributed by atoms with Crippen molar-refractivity contribution in [1.82, 2.24) is 0 Å². The summed E-state index contributed by atoms with van der Waals surface area (Å²) in [6.07, 6.45) is 0.980. The fourth-order valence-corrected chi connectivity index (χ4v) is 2.56. The maximum absolute atomic E-state index is 11.4. The Kier molecular flexibility index (Phi) is 5.05. The molecule has 1 atom stereocenters. The molecule has 1 aliphatic carbocycles. The van der Waals surface area contributed by atoms with Crippen LogP contribution in [0.5, 0.6) is 0 Å². The summed E-state index contributed by atoms with van der Waals surface area (Å²) < 4.78 is 9.67. The molecule has 0 saturated carbocycles. The smallest absolute Gasteiger partial charge is 0.437 e. The number of carbonyl (C=O) groups is 1. The molecule has 0 aromatic carbocycles. The van der Waals surface area contributed by atoms with Crippen molar-refractivity contribution in [2.45, 2.75) is 48.0 Å². The lowest BCUT2D eigenvalue weighted by molar-refractivity contribution is -0.437. The predicted molar refractivity (Wildman–Crippen MR) is 82.6 cm³/mol. The van der Waals surface area contributed by atoms with Crippen LogP contribution in [0.25, 0.3) is 0 Å². The van der Waals surface area contributed by atoms with Crippen LogP contribution in [-0.2, 0) is 9.47 Å². The number of allylic oxidation sites excluding steroid dienone is 3. The minimum Gasteiger partial charge on any atom is -0.437 e. The van der Waals surface area contributed by atoms with Crippen molar-refractivity contribution in [3.63, 3.8) is 0 Å². The fraction of sp³-hybridized carbons (Fsp3) is 0.688. The first kappa shape index (κ1) is 18.2. The van der Waals surface area contributed by atoms with Crippen LogP contribution < -0.4 is 0 Å². The lowest BCUT2D eigenvalue weighted by atomic mass is 9.68. The molecular formula is C16H25NO5. The van der Waals surface area contributed by atoms with E-state index in [-0.39, 0.29) is 28.2 Å². The molecule has 1 aliphatic rings. The Balaban J connectivity index is 3.42. The molecule has 0 bridgehead atoms. The molecule has 0 aliphatic heterocycles. The highest BCUT2D eigenvalue weighted by atomic mass is 16.7. The van der Waals surface area contributed by atoms with E-state index in [1.54, 1.807) is 0 Å². The molecular weight excluding hydrogens is 286 g/mol. The Morgan fingerprint density at radius 1 is 1.27 bits per heavy atom. The molecule has 1 unspecified atom stereocenters. The lowest BCUT2D eigenvalue weighted by Gasteiger charge is -2.36. The number of methoxy groups -OCH3 is 1. The number of carbonyl (C=O) groups excluding carboxylic acids is 1. The van der Waals surface area contributed by atoms with E-state index in [1.807, 2.05) is 41.5 Å². The quantitative estimate of drug-likeness (QED) is 0.431. The van der Waals surface area contributed by atoms with Crippen molar-refractivity contribution in [3.8, 4) is 0 Å². The van der Waals surface area contributed by atoms with Crippen molar-refractivity contribution in [2.75, 3.05) is 7.11 Å². The minimum absolute atomic E-state index is 0.0689. The number of ether oxygens (including phenoxy) is 2. The Morgan fingerprint density at radius 3 is 2.18 bits per heavy atom. The average Bonchev–Trinajstić information content (AvgIpc) is 2.35. The predicted octanol–water partition coefficient (Wildman–Crippen LogP) is 4.30. The van der Waals surface area contributed by atoms with E-state index >= 15 is 0 Å². The van der Waals surface area contributed by atoms with Crippen LogP contribution in [0, 0.1) is 26.9 Å². The molecule has 0 heterocycles. The van der Waals surface area contributed by atoms with Gasteiger partial charge in [0, 0.05) is 0 Å². The van der Waals surface area contributed by atoms with Gasteiger partial charge in [-0.15, -0.1) is 0 Å². The molecule has 0 amide bonds. The largest absolute Gasteiger partial charge is 0.513 e. The Morgan fingerprint density at radius 2 is 1.82 bits per heavy atom. The second kappa shape index (κ2) is 6.10. The average molecular weight is 311 g/mol. The Hall–Kier alpha value is -1.85. The first-order valence-corrected chi connectivity index (χ1v) is 7.23. The third-order valence-corrected chi connectivity index (χ3v) is 3.86. The van der Waals surface area contributed by atoms with Crippen LogP contribution in [0.3, 0.4) is 0 Å². The maximum atomic E-state index is 11.4. The number of hydrogen-bond acceptors (Lipinski definition) is 5. The molecule has 1 rings (SSSR count). The van der Waals surface area contributed by atoms with E-state index in [2.05, 4.69) is 4.74 Å². The molecule has 0 saturated heterocycles. The summed E-state index contributed by atoms with van der Waals surface area (Å²) in [6.45, 7) is 11.9. The van der Waals surface area contributed by atoms with Gasteiger partial charge >= 0.3 is 6.16 Å². The van der Waals surface area contributed by atoms with E-state index in [9.17, 15) is 14.9 Å². The Bertz CT molecular complexity index is 532. The molecule has 0 N–H and O–H groups in total. The summed E-state index contributed by atoms with van der Waals surface area (Å²) >= 11 is 0. The summed E-state index contributed by atoms with van der Waals surface area (Å²) in [5.41, 5.74) is 0.403. The van der Waals surface area contributed by atoms with Crippen LogP contribution in [0.4, 0.5) is 4.79 Å². The highest BCUT2D eigenvalue weighted by molar-refractivity contribution is 5.62. The van der Waals surface area contributed by atoms with Gasteiger partial charge in [0.1, 0.15) is 5.76 Å². The van der Waals surface area contributed by atoms with Gasteiger partial charge in [-0.05, 0) is 22.8 Å². The maximum Gasteiger partial charge on any atom is 0.513 e. The number of hydrogen-bond donors (Lipinski definition) is 0. The second-order valence-electron chi connectivity index (χ2n) is 7.60. The summed E-state index contributed by atoms with van der Waals surface area (Å²) in [5.74, 6) is -0.0201. The first-order valence-electron chi connectivity index (χ1n) is 7.23. The van der Waals surface area contributed by atoms with Gasteiger partial charge < -0.3 is 9.47 Å². The Labute approximate surface area is 131 Å². The first-order chi connectivity index (χ1) is 9.87. The van der Waals surface area contributed by atoms with Gasteiger partial charge in [-0.2, -0.15) is 0 Å². The molecule has 124 valence electrons. The topological polar surface area (TPSA) is 78.7 Å². The zero-order valence-electron chi connectivity index (χ0n) is 14.4.